The summed E-state index contributed by atoms with van der Waals surface area (Å²) in [5.74, 6) is -0.351. The van der Waals surface area contributed by atoms with Crippen molar-refractivity contribution in [1.82, 2.24) is 14.6 Å². The number of carbonyl (C=O) groups excluding carboxylic acids is 1. The van der Waals surface area contributed by atoms with E-state index in [9.17, 15) is 18.0 Å². The summed E-state index contributed by atoms with van der Waals surface area (Å²) in [5, 5.41) is 3.32. The molecule has 0 saturated carbocycles. The standard InChI is InChI=1S/C23H33N3O4S/c1-2-3-4-5-8-13-24-23(28)20-17-22(27)25-21-12-11-18(16-19(20)21)31(29,30)26-14-9-6-7-10-15-26/h11-12,16-17H,2-10,13-15H2,1H3,(H,24,28)(H,25,27). The number of pyridine rings is 1. The number of hydrogen-bond acceptors (Lipinski definition) is 4. The molecule has 3 rings (SSSR count). The van der Waals surface area contributed by atoms with Gasteiger partial charge in [0.05, 0.1) is 10.5 Å². The number of aromatic nitrogens is 1. The zero-order valence-corrected chi connectivity index (χ0v) is 19.1. The van der Waals surface area contributed by atoms with Crippen LogP contribution >= 0.6 is 0 Å². The van der Waals surface area contributed by atoms with E-state index in [1.54, 1.807) is 6.07 Å². The van der Waals surface area contributed by atoms with E-state index in [1.165, 1.54) is 28.9 Å². The highest BCUT2D eigenvalue weighted by Gasteiger charge is 2.26. The quantitative estimate of drug-likeness (QED) is 0.571. The molecule has 7 nitrogen and oxygen atoms in total. The van der Waals surface area contributed by atoms with Gasteiger partial charge in [0.2, 0.25) is 15.6 Å². The molecule has 0 spiro atoms. The van der Waals surface area contributed by atoms with Crippen molar-refractivity contribution in [3.63, 3.8) is 0 Å². The number of sulfonamides is 1. The Morgan fingerprint density at radius 2 is 1.74 bits per heavy atom. The molecule has 2 heterocycles. The van der Waals surface area contributed by atoms with E-state index in [0.29, 0.717) is 30.5 Å². The van der Waals surface area contributed by atoms with Gasteiger partial charge in [0.25, 0.3) is 5.91 Å². The number of nitrogens with one attached hydrogen (secondary N) is 2. The van der Waals surface area contributed by atoms with Crippen molar-refractivity contribution < 1.29 is 13.2 Å². The van der Waals surface area contributed by atoms with Crippen molar-refractivity contribution in [1.29, 1.82) is 0 Å². The third kappa shape index (κ3) is 5.95. The smallest absolute Gasteiger partial charge is 0.252 e. The van der Waals surface area contributed by atoms with Crippen LogP contribution in [0.3, 0.4) is 0 Å². The number of unbranched alkanes of at least 4 members (excludes halogenated alkanes) is 4. The second-order valence-corrected chi connectivity index (χ2v) is 10.2. The molecule has 2 N–H and O–H groups in total. The topological polar surface area (TPSA) is 99.3 Å². The molecule has 31 heavy (non-hydrogen) atoms. The number of amides is 1. The molecule has 0 radical (unpaired) electrons. The number of rotatable bonds is 9. The first-order chi connectivity index (χ1) is 14.9. The normalized spacial score (nSPS) is 15.6. The summed E-state index contributed by atoms with van der Waals surface area (Å²) in [7, 11) is -3.65. The maximum absolute atomic E-state index is 13.2. The predicted octanol–water partition coefficient (Wildman–Crippen LogP) is 3.79. The van der Waals surface area contributed by atoms with Crippen molar-refractivity contribution >= 4 is 26.8 Å². The Hall–Kier alpha value is -2.19. The molecule has 1 saturated heterocycles. The Labute approximate surface area is 184 Å². The second-order valence-electron chi connectivity index (χ2n) is 8.24. The first-order valence-corrected chi connectivity index (χ1v) is 12.8. The molecule has 1 aromatic carbocycles. The fraction of sp³-hybridized carbons (Fsp3) is 0.565. The Morgan fingerprint density at radius 3 is 2.45 bits per heavy atom. The van der Waals surface area contributed by atoms with Crippen LogP contribution in [0.1, 0.15) is 75.1 Å². The van der Waals surface area contributed by atoms with Crippen molar-refractivity contribution in [2.24, 2.45) is 0 Å². The minimum atomic E-state index is -3.65. The van der Waals surface area contributed by atoms with Crippen LogP contribution in [-0.2, 0) is 10.0 Å². The lowest BCUT2D eigenvalue weighted by Gasteiger charge is -2.20. The lowest BCUT2D eigenvalue weighted by molar-refractivity contribution is 0.0954. The van der Waals surface area contributed by atoms with E-state index in [-0.39, 0.29) is 21.9 Å². The molecule has 8 heteroatoms. The van der Waals surface area contributed by atoms with E-state index in [0.717, 1.165) is 51.4 Å². The van der Waals surface area contributed by atoms with Crippen LogP contribution in [-0.4, -0.2) is 43.2 Å². The minimum Gasteiger partial charge on any atom is -0.352 e. The SMILES string of the molecule is CCCCCCCNC(=O)c1cc(=O)[nH]c2ccc(S(=O)(=O)N3CCCCCC3)cc12. The number of hydrogen-bond donors (Lipinski definition) is 2. The fourth-order valence-corrected chi connectivity index (χ4v) is 5.58. The maximum Gasteiger partial charge on any atom is 0.252 e. The summed E-state index contributed by atoms with van der Waals surface area (Å²) >= 11 is 0. The van der Waals surface area contributed by atoms with Crippen LogP contribution in [0.25, 0.3) is 10.9 Å². The zero-order valence-electron chi connectivity index (χ0n) is 18.3. The van der Waals surface area contributed by atoms with E-state index < -0.39 is 10.0 Å². The summed E-state index contributed by atoms with van der Waals surface area (Å²) in [6.07, 6.45) is 9.18. The fourth-order valence-electron chi connectivity index (χ4n) is 4.04. The predicted molar refractivity (Wildman–Crippen MR) is 123 cm³/mol. The van der Waals surface area contributed by atoms with Gasteiger partial charge in [-0.3, -0.25) is 9.59 Å². The van der Waals surface area contributed by atoms with Gasteiger partial charge < -0.3 is 10.3 Å². The third-order valence-electron chi connectivity index (χ3n) is 5.83. The number of carbonyl (C=O) groups is 1. The molecule has 1 amide bonds. The van der Waals surface area contributed by atoms with Crippen LogP contribution < -0.4 is 10.9 Å². The first-order valence-electron chi connectivity index (χ1n) is 11.4. The minimum absolute atomic E-state index is 0.155. The van der Waals surface area contributed by atoms with Crippen LogP contribution in [0.5, 0.6) is 0 Å². The monoisotopic (exact) mass is 447 g/mol. The maximum atomic E-state index is 13.2. The van der Waals surface area contributed by atoms with Crippen LogP contribution in [0.2, 0.25) is 0 Å². The number of benzene rings is 1. The van der Waals surface area contributed by atoms with Crippen molar-refractivity contribution in [2.45, 2.75) is 69.6 Å². The van der Waals surface area contributed by atoms with Crippen LogP contribution in [0.15, 0.2) is 34.0 Å². The van der Waals surface area contributed by atoms with E-state index in [1.807, 2.05) is 0 Å². The summed E-state index contributed by atoms with van der Waals surface area (Å²) in [4.78, 5) is 27.7. The molecular formula is C23H33N3O4S. The van der Waals surface area contributed by atoms with Crippen LogP contribution in [0.4, 0.5) is 0 Å². The highest BCUT2D eigenvalue weighted by atomic mass is 32.2. The van der Waals surface area contributed by atoms with Gasteiger partial charge in [-0.05, 0) is 37.5 Å². The van der Waals surface area contributed by atoms with Crippen LogP contribution in [0, 0.1) is 0 Å². The molecule has 0 bridgehead atoms. The number of H-pyrrole nitrogens is 1. The highest BCUT2D eigenvalue weighted by molar-refractivity contribution is 7.89. The molecule has 0 aliphatic carbocycles. The lowest BCUT2D eigenvalue weighted by atomic mass is 10.1. The average molecular weight is 448 g/mol. The zero-order chi connectivity index (χ0) is 22.3. The molecule has 170 valence electrons. The Balaban J connectivity index is 1.85. The highest BCUT2D eigenvalue weighted by Crippen LogP contribution is 2.24. The lowest BCUT2D eigenvalue weighted by Crippen LogP contribution is -2.32. The van der Waals surface area contributed by atoms with E-state index in [2.05, 4.69) is 17.2 Å². The molecule has 0 unspecified atom stereocenters. The average Bonchev–Trinajstić information content (AvgIpc) is 3.05. The Kier molecular flexibility index (Phi) is 8.26. The summed E-state index contributed by atoms with van der Waals surface area (Å²) in [5.41, 5.74) is 0.277. The second kappa shape index (κ2) is 10.9. The summed E-state index contributed by atoms with van der Waals surface area (Å²) < 4.78 is 27.9. The molecule has 1 aliphatic rings. The van der Waals surface area contributed by atoms with Gasteiger partial charge in [-0.15, -0.1) is 0 Å². The molecule has 1 fully saturated rings. The molecule has 2 aromatic rings. The van der Waals surface area contributed by atoms with Gasteiger partial charge in [0.1, 0.15) is 0 Å². The van der Waals surface area contributed by atoms with Gasteiger partial charge in [-0.1, -0.05) is 45.4 Å². The van der Waals surface area contributed by atoms with Gasteiger partial charge in [-0.25, -0.2) is 8.42 Å². The van der Waals surface area contributed by atoms with Crippen molar-refractivity contribution in [2.75, 3.05) is 19.6 Å². The summed E-state index contributed by atoms with van der Waals surface area (Å²) in [6, 6.07) is 5.84. The van der Waals surface area contributed by atoms with E-state index >= 15 is 0 Å². The largest absolute Gasteiger partial charge is 0.352 e. The Bertz CT molecular complexity index is 1050. The molecular weight excluding hydrogens is 414 g/mol. The number of nitrogens with zero attached hydrogens (tertiary/aromatic N) is 1. The van der Waals surface area contributed by atoms with Gasteiger partial charge in [0, 0.05) is 36.6 Å². The van der Waals surface area contributed by atoms with Crippen molar-refractivity contribution in [3.8, 4) is 0 Å². The number of fused-ring (bicyclic) bond motifs is 1. The third-order valence-corrected chi connectivity index (χ3v) is 7.72. The van der Waals surface area contributed by atoms with Gasteiger partial charge in [-0.2, -0.15) is 4.31 Å². The summed E-state index contributed by atoms with van der Waals surface area (Å²) in [6.45, 7) is 3.71. The van der Waals surface area contributed by atoms with Gasteiger partial charge >= 0.3 is 0 Å². The van der Waals surface area contributed by atoms with E-state index in [4.69, 9.17) is 0 Å². The van der Waals surface area contributed by atoms with Crippen molar-refractivity contribution in [3.05, 3.63) is 40.2 Å². The Morgan fingerprint density at radius 1 is 1.03 bits per heavy atom. The molecule has 1 aromatic heterocycles. The van der Waals surface area contributed by atoms with Gasteiger partial charge in [0.15, 0.2) is 0 Å². The molecule has 1 aliphatic heterocycles. The first kappa shape index (κ1) is 23.5. The number of aromatic amines is 1. The molecule has 0 atom stereocenters.